The summed E-state index contributed by atoms with van der Waals surface area (Å²) in [4.78, 5) is 4.96. The van der Waals surface area contributed by atoms with Crippen LogP contribution < -0.4 is 9.80 Å². The lowest BCUT2D eigenvalue weighted by molar-refractivity contribution is 0.591. The number of nitrogens with zero attached hydrogens (tertiary/aromatic N) is 2. The SMILES string of the molecule is Cc1ccc(N(c2ccc(C)c(C)c2)c2cc3c4ccc(C(C)(C)C)cc4c(N(c4ccc(C)c(C)c4)c4ccc(C)c(C)c4)cc3c3ccccc23)cc1C. The molecule has 0 atom stereocenters. The van der Waals surface area contributed by atoms with Crippen molar-refractivity contribution in [3.8, 4) is 0 Å². The van der Waals surface area contributed by atoms with Crippen molar-refractivity contribution in [3.05, 3.63) is 177 Å². The van der Waals surface area contributed by atoms with Gasteiger partial charge in [-0.1, -0.05) is 81.4 Å². The van der Waals surface area contributed by atoms with Gasteiger partial charge in [-0.3, -0.25) is 0 Å². The first-order valence-corrected chi connectivity index (χ1v) is 20.0. The van der Waals surface area contributed by atoms with E-state index in [4.69, 9.17) is 0 Å². The van der Waals surface area contributed by atoms with Crippen molar-refractivity contribution in [2.75, 3.05) is 9.80 Å². The zero-order valence-electron chi connectivity index (χ0n) is 35.0. The topological polar surface area (TPSA) is 6.48 Å². The number of benzene rings is 8. The number of aryl methyl sites for hydroxylation is 8. The van der Waals surface area contributed by atoms with Gasteiger partial charge in [0.25, 0.3) is 0 Å². The van der Waals surface area contributed by atoms with Crippen molar-refractivity contribution in [3.63, 3.8) is 0 Å². The average Bonchev–Trinajstić information content (AvgIpc) is 3.17. The zero-order chi connectivity index (χ0) is 39.6. The molecule has 0 aromatic heterocycles. The molecule has 0 heterocycles. The molecule has 0 aliphatic rings. The van der Waals surface area contributed by atoms with Gasteiger partial charge in [0, 0.05) is 33.5 Å². The molecule has 8 rings (SSSR count). The van der Waals surface area contributed by atoms with E-state index >= 15 is 0 Å². The van der Waals surface area contributed by atoms with E-state index in [1.807, 2.05) is 0 Å². The Hall–Kier alpha value is -5.86. The Balaban J connectivity index is 1.52. The molecule has 0 amide bonds. The Morgan fingerprint density at radius 1 is 0.304 bits per heavy atom. The van der Waals surface area contributed by atoms with Gasteiger partial charge < -0.3 is 9.80 Å². The first-order valence-electron chi connectivity index (χ1n) is 20.0. The van der Waals surface area contributed by atoms with E-state index < -0.39 is 0 Å². The van der Waals surface area contributed by atoms with Crippen LogP contribution >= 0.6 is 0 Å². The molecule has 0 fully saturated rings. The van der Waals surface area contributed by atoms with E-state index in [1.165, 1.54) is 93.8 Å². The predicted molar refractivity (Wildman–Crippen MR) is 245 cm³/mol. The van der Waals surface area contributed by atoms with Crippen LogP contribution in [0, 0.1) is 55.4 Å². The minimum absolute atomic E-state index is 0.0237. The van der Waals surface area contributed by atoms with Crippen molar-refractivity contribution in [1.82, 2.24) is 0 Å². The van der Waals surface area contributed by atoms with Crippen LogP contribution in [0.1, 0.15) is 70.8 Å². The molecule has 0 saturated heterocycles. The molecule has 56 heavy (non-hydrogen) atoms. The number of rotatable bonds is 6. The third kappa shape index (κ3) is 6.52. The second kappa shape index (κ2) is 14.0. The molecular formula is C54H54N2. The van der Waals surface area contributed by atoms with Crippen molar-refractivity contribution in [2.24, 2.45) is 0 Å². The molecule has 0 aliphatic carbocycles. The van der Waals surface area contributed by atoms with Crippen molar-refractivity contribution < 1.29 is 0 Å². The largest absolute Gasteiger partial charge is 0.310 e. The fourth-order valence-corrected chi connectivity index (χ4v) is 8.11. The second-order valence-electron chi connectivity index (χ2n) is 17.2. The lowest BCUT2D eigenvalue weighted by atomic mass is 9.84. The highest BCUT2D eigenvalue weighted by atomic mass is 15.2. The van der Waals surface area contributed by atoms with Crippen LogP contribution in [0.25, 0.3) is 32.3 Å². The summed E-state index contributed by atoms with van der Waals surface area (Å²) in [5.74, 6) is 0. The van der Waals surface area contributed by atoms with Gasteiger partial charge in [-0.05, 0) is 199 Å². The van der Waals surface area contributed by atoms with Crippen LogP contribution in [0.2, 0.25) is 0 Å². The minimum Gasteiger partial charge on any atom is -0.310 e. The van der Waals surface area contributed by atoms with Gasteiger partial charge in [0.1, 0.15) is 0 Å². The molecule has 0 radical (unpaired) electrons. The van der Waals surface area contributed by atoms with Crippen molar-refractivity contribution in [1.29, 1.82) is 0 Å². The van der Waals surface area contributed by atoms with E-state index in [9.17, 15) is 0 Å². The summed E-state index contributed by atoms with van der Waals surface area (Å²) in [5, 5.41) is 7.43. The Bertz CT molecular complexity index is 2730. The number of hydrogen-bond acceptors (Lipinski definition) is 2. The van der Waals surface area contributed by atoms with Gasteiger partial charge in [-0.25, -0.2) is 0 Å². The lowest BCUT2D eigenvalue weighted by Gasteiger charge is -2.31. The van der Waals surface area contributed by atoms with Gasteiger partial charge in [-0.2, -0.15) is 0 Å². The summed E-state index contributed by atoms with van der Waals surface area (Å²) in [6.45, 7) is 24.6. The molecule has 0 unspecified atom stereocenters. The van der Waals surface area contributed by atoms with Gasteiger partial charge in [0.15, 0.2) is 0 Å². The standard InChI is InChI=1S/C54H54N2/c1-33-16-21-42(26-37(33)5)55(43-22-17-34(2)38(6)27-43)52-31-50-47-25-20-41(54(9,10)11)30-51(47)53(32-49(50)46-14-12-13-15-48(46)52)56(44-23-18-35(3)39(7)28-44)45-24-19-36(4)40(8)29-45/h12-32H,1-11H3. The van der Waals surface area contributed by atoms with E-state index in [2.05, 4.69) is 213 Å². The third-order valence-corrected chi connectivity index (χ3v) is 12.3. The zero-order valence-corrected chi connectivity index (χ0v) is 35.0. The molecule has 2 heteroatoms. The molecule has 2 nitrogen and oxygen atoms in total. The van der Waals surface area contributed by atoms with Crippen molar-refractivity contribution in [2.45, 2.75) is 81.6 Å². The molecule has 0 aliphatic heterocycles. The summed E-state index contributed by atoms with van der Waals surface area (Å²) in [6, 6.07) is 48.6. The maximum absolute atomic E-state index is 2.49. The summed E-state index contributed by atoms with van der Waals surface area (Å²) >= 11 is 0. The first kappa shape index (κ1) is 37.1. The third-order valence-electron chi connectivity index (χ3n) is 12.3. The van der Waals surface area contributed by atoms with E-state index in [-0.39, 0.29) is 5.41 Å². The number of anilines is 6. The highest BCUT2D eigenvalue weighted by Crippen LogP contribution is 2.49. The van der Waals surface area contributed by atoms with Crippen LogP contribution in [0.15, 0.2) is 127 Å². The molecule has 8 aromatic carbocycles. The fourth-order valence-electron chi connectivity index (χ4n) is 8.11. The van der Waals surface area contributed by atoms with E-state index in [0.29, 0.717) is 0 Å². The summed E-state index contributed by atoms with van der Waals surface area (Å²) in [7, 11) is 0. The average molecular weight is 731 g/mol. The molecule has 0 bridgehead atoms. The van der Waals surface area contributed by atoms with Gasteiger partial charge >= 0.3 is 0 Å². The van der Waals surface area contributed by atoms with Gasteiger partial charge in [0.05, 0.1) is 11.4 Å². The normalized spacial score (nSPS) is 11.8. The highest BCUT2D eigenvalue weighted by Gasteiger charge is 2.24. The van der Waals surface area contributed by atoms with Crippen LogP contribution in [0.5, 0.6) is 0 Å². The summed E-state index contributed by atoms with van der Waals surface area (Å²) in [5.41, 5.74) is 18.6. The second-order valence-corrected chi connectivity index (χ2v) is 17.2. The van der Waals surface area contributed by atoms with Crippen LogP contribution in [0.4, 0.5) is 34.1 Å². The minimum atomic E-state index is -0.0237. The molecule has 8 aromatic rings. The summed E-state index contributed by atoms with van der Waals surface area (Å²) in [6.07, 6.45) is 0. The smallest absolute Gasteiger partial charge is 0.0546 e. The molecule has 0 N–H and O–H groups in total. The Morgan fingerprint density at radius 2 is 0.661 bits per heavy atom. The fraction of sp³-hybridized carbons (Fsp3) is 0.222. The Labute approximate surface area is 334 Å². The Morgan fingerprint density at radius 3 is 1.04 bits per heavy atom. The van der Waals surface area contributed by atoms with Crippen LogP contribution in [0.3, 0.4) is 0 Å². The van der Waals surface area contributed by atoms with Gasteiger partial charge in [0.2, 0.25) is 0 Å². The predicted octanol–water partition coefficient (Wildman–Crippen LogP) is 15.9. The van der Waals surface area contributed by atoms with Crippen LogP contribution in [-0.4, -0.2) is 0 Å². The molecule has 0 saturated carbocycles. The molecule has 280 valence electrons. The lowest BCUT2D eigenvalue weighted by Crippen LogP contribution is -2.14. The molecular weight excluding hydrogens is 677 g/mol. The van der Waals surface area contributed by atoms with E-state index in [0.717, 1.165) is 22.7 Å². The number of hydrogen-bond donors (Lipinski definition) is 0. The van der Waals surface area contributed by atoms with E-state index in [1.54, 1.807) is 0 Å². The van der Waals surface area contributed by atoms with Gasteiger partial charge in [-0.15, -0.1) is 0 Å². The highest BCUT2D eigenvalue weighted by molar-refractivity contribution is 6.24. The number of fused-ring (bicyclic) bond motifs is 5. The van der Waals surface area contributed by atoms with Crippen LogP contribution in [-0.2, 0) is 5.41 Å². The monoisotopic (exact) mass is 730 g/mol. The maximum atomic E-state index is 2.49. The molecule has 0 spiro atoms. The maximum Gasteiger partial charge on any atom is 0.0546 e. The Kier molecular flexibility index (Phi) is 9.28. The van der Waals surface area contributed by atoms with Crippen molar-refractivity contribution >= 4 is 66.4 Å². The summed E-state index contributed by atoms with van der Waals surface area (Å²) < 4.78 is 0. The first-order chi connectivity index (χ1) is 26.7. The quantitative estimate of drug-likeness (QED) is 0.157.